The Labute approximate surface area is 126 Å². The lowest BCUT2D eigenvalue weighted by Crippen LogP contribution is -1.94. The second kappa shape index (κ2) is 5.71. The maximum atomic E-state index is 6.25. The molecule has 0 N–H and O–H groups in total. The third kappa shape index (κ3) is 2.78. The summed E-state index contributed by atoms with van der Waals surface area (Å²) in [5.41, 5.74) is 2.65. The highest BCUT2D eigenvalue weighted by molar-refractivity contribution is 6.44. The van der Waals surface area contributed by atoms with Crippen molar-refractivity contribution in [2.24, 2.45) is 0 Å². The highest BCUT2D eigenvalue weighted by atomic mass is 35.5. The van der Waals surface area contributed by atoms with Gasteiger partial charge in [-0.25, -0.2) is 0 Å². The molecule has 0 unspecified atom stereocenters. The van der Waals surface area contributed by atoms with E-state index in [1.807, 2.05) is 37.3 Å². The molecule has 0 aliphatic carbocycles. The van der Waals surface area contributed by atoms with Crippen molar-refractivity contribution in [1.29, 1.82) is 0 Å². The van der Waals surface area contributed by atoms with Crippen LogP contribution in [0.25, 0.3) is 0 Å². The second-order valence-electron chi connectivity index (χ2n) is 4.05. The van der Waals surface area contributed by atoms with Gasteiger partial charge in [-0.15, -0.1) is 0 Å². The molecule has 2 aromatic carbocycles. The monoisotopic (exact) mass is 318 g/mol. The van der Waals surface area contributed by atoms with Crippen LogP contribution in [0.3, 0.4) is 0 Å². The minimum Gasteiger partial charge on any atom is -0.0840 e. The fourth-order valence-corrected chi connectivity index (χ4v) is 2.81. The summed E-state index contributed by atoms with van der Waals surface area (Å²) in [6.45, 7) is 1.87. The molecule has 2 rings (SSSR count). The largest absolute Gasteiger partial charge is 0.0840 e. The summed E-state index contributed by atoms with van der Waals surface area (Å²) < 4.78 is 0. The zero-order valence-electron chi connectivity index (χ0n) is 9.61. The van der Waals surface area contributed by atoms with Gasteiger partial charge in [0.15, 0.2) is 0 Å². The van der Waals surface area contributed by atoms with E-state index in [0.29, 0.717) is 26.5 Å². The van der Waals surface area contributed by atoms with E-state index in [1.165, 1.54) is 0 Å². The Hall–Kier alpha value is -0.400. The lowest BCUT2D eigenvalue weighted by molar-refractivity contribution is 1.19. The van der Waals surface area contributed by atoms with Gasteiger partial charge in [0.1, 0.15) is 0 Å². The Kier molecular flexibility index (Phi) is 4.45. The van der Waals surface area contributed by atoms with E-state index in [0.717, 1.165) is 16.7 Å². The zero-order valence-corrected chi connectivity index (χ0v) is 12.6. The molecule has 18 heavy (non-hydrogen) atoms. The van der Waals surface area contributed by atoms with Gasteiger partial charge in [-0.05, 0) is 35.7 Å². The molecule has 4 heteroatoms. The molecule has 0 aliphatic rings. The number of rotatable bonds is 2. The number of benzene rings is 2. The number of halogens is 4. The van der Waals surface area contributed by atoms with Crippen LogP contribution in [0, 0.1) is 6.92 Å². The van der Waals surface area contributed by atoms with Crippen LogP contribution >= 0.6 is 46.4 Å². The fourth-order valence-electron chi connectivity index (χ4n) is 1.75. The van der Waals surface area contributed by atoms with Crippen LogP contribution in [0.15, 0.2) is 30.3 Å². The third-order valence-corrected chi connectivity index (χ3v) is 4.47. The van der Waals surface area contributed by atoms with Gasteiger partial charge < -0.3 is 0 Å². The average molecular weight is 320 g/mol. The molecular formula is C14H10Cl4. The van der Waals surface area contributed by atoms with Gasteiger partial charge in [0.25, 0.3) is 0 Å². The molecule has 94 valence electrons. The average Bonchev–Trinajstić information content (AvgIpc) is 2.34. The summed E-state index contributed by atoms with van der Waals surface area (Å²) in [6.07, 6.45) is 0.567. The standard InChI is InChI=1S/C14H10Cl4/c1-8-6-12(16)10(14(18)13(8)17)7-9-4-2-3-5-11(9)15/h2-6H,7H2,1H3. The molecule has 0 aromatic heterocycles. The van der Waals surface area contributed by atoms with E-state index >= 15 is 0 Å². The van der Waals surface area contributed by atoms with Crippen molar-refractivity contribution in [1.82, 2.24) is 0 Å². The predicted octanol–water partition coefficient (Wildman–Crippen LogP) is 6.20. The van der Waals surface area contributed by atoms with Gasteiger partial charge in [-0.2, -0.15) is 0 Å². The topological polar surface area (TPSA) is 0 Å². The minimum atomic E-state index is 0.501. The first-order valence-corrected chi connectivity index (χ1v) is 6.88. The van der Waals surface area contributed by atoms with Crippen LogP contribution in [0.5, 0.6) is 0 Å². The van der Waals surface area contributed by atoms with E-state index in [2.05, 4.69) is 0 Å². The molecule has 0 aliphatic heterocycles. The Bertz CT molecular complexity index is 591. The number of hydrogen-bond donors (Lipinski definition) is 0. The molecule has 0 saturated carbocycles. The zero-order chi connectivity index (χ0) is 13.3. The Morgan fingerprint density at radius 2 is 1.56 bits per heavy atom. The van der Waals surface area contributed by atoms with E-state index in [1.54, 1.807) is 0 Å². The van der Waals surface area contributed by atoms with Crippen LogP contribution in [0.2, 0.25) is 20.1 Å². The van der Waals surface area contributed by atoms with Gasteiger partial charge in [0.05, 0.1) is 10.0 Å². The smallest absolute Gasteiger partial charge is 0.0645 e. The molecule has 0 saturated heterocycles. The van der Waals surface area contributed by atoms with E-state index in [9.17, 15) is 0 Å². The van der Waals surface area contributed by atoms with Crippen LogP contribution in [-0.2, 0) is 6.42 Å². The highest BCUT2D eigenvalue weighted by Gasteiger charge is 2.14. The molecule has 0 nitrogen and oxygen atoms in total. The Morgan fingerprint density at radius 1 is 0.889 bits per heavy atom. The normalized spacial score (nSPS) is 10.7. The van der Waals surface area contributed by atoms with Gasteiger partial charge in [0, 0.05) is 16.5 Å². The van der Waals surface area contributed by atoms with Crippen molar-refractivity contribution < 1.29 is 0 Å². The van der Waals surface area contributed by atoms with Crippen LogP contribution in [-0.4, -0.2) is 0 Å². The first-order chi connectivity index (χ1) is 8.50. The minimum absolute atomic E-state index is 0.501. The van der Waals surface area contributed by atoms with Crippen molar-refractivity contribution in [3.8, 4) is 0 Å². The van der Waals surface area contributed by atoms with Crippen LogP contribution in [0.4, 0.5) is 0 Å². The van der Waals surface area contributed by atoms with Crippen LogP contribution in [0.1, 0.15) is 16.7 Å². The molecule has 0 bridgehead atoms. The number of hydrogen-bond acceptors (Lipinski definition) is 0. The Balaban J connectivity index is 2.47. The molecule has 0 radical (unpaired) electrons. The van der Waals surface area contributed by atoms with Crippen molar-refractivity contribution in [3.63, 3.8) is 0 Å². The molecule has 0 heterocycles. The molecule has 0 spiro atoms. The maximum Gasteiger partial charge on any atom is 0.0645 e. The van der Waals surface area contributed by atoms with Crippen molar-refractivity contribution in [2.45, 2.75) is 13.3 Å². The summed E-state index contributed by atoms with van der Waals surface area (Å²) in [5, 5.41) is 2.35. The summed E-state index contributed by atoms with van der Waals surface area (Å²) >= 11 is 24.7. The van der Waals surface area contributed by atoms with E-state index in [4.69, 9.17) is 46.4 Å². The van der Waals surface area contributed by atoms with Crippen molar-refractivity contribution in [3.05, 3.63) is 67.1 Å². The van der Waals surface area contributed by atoms with Crippen molar-refractivity contribution in [2.75, 3.05) is 0 Å². The van der Waals surface area contributed by atoms with E-state index in [-0.39, 0.29) is 0 Å². The van der Waals surface area contributed by atoms with Gasteiger partial charge in [0.2, 0.25) is 0 Å². The first-order valence-electron chi connectivity index (χ1n) is 5.37. The molecule has 0 amide bonds. The van der Waals surface area contributed by atoms with E-state index < -0.39 is 0 Å². The lowest BCUT2D eigenvalue weighted by atomic mass is 10.0. The van der Waals surface area contributed by atoms with Gasteiger partial charge >= 0.3 is 0 Å². The molecular weight excluding hydrogens is 310 g/mol. The predicted molar refractivity (Wildman–Crippen MR) is 80.5 cm³/mol. The fraction of sp³-hybridized carbons (Fsp3) is 0.143. The molecule has 2 aromatic rings. The van der Waals surface area contributed by atoms with Gasteiger partial charge in [-0.1, -0.05) is 64.6 Å². The SMILES string of the molecule is Cc1cc(Cl)c(Cc2ccccc2Cl)c(Cl)c1Cl. The van der Waals surface area contributed by atoms with Gasteiger partial charge in [-0.3, -0.25) is 0 Å². The third-order valence-electron chi connectivity index (χ3n) is 2.76. The summed E-state index contributed by atoms with van der Waals surface area (Å²) in [6, 6.07) is 9.43. The first kappa shape index (κ1) is 14.0. The summed E-state index contributed by atoms with van der Waals surface area (Å²) in [7, 11) is 0. The summed E-state index contributed by atoms with van der Waals surface area (Å²) in [5.74, 6) is 0. The quantitative estimate of drug-likeness (QED) is 0.578. The highest BCUT2D eigenvalue weighted by Crippen LogP contribution is 2.36. The molecule has 0 fully saturated rings. The van der Waals surface area contributed by atoms with Crippen LogP contribution < -0.4 is 0 Å². The maximum absolute atomic E-state index is 6.25. The summed E-state index contributed by atoms with van der Waals surface area (Å²) in [4.78, 5) is 0. The molecule has 0 atom stereocenters. The van der Waals surface area contributed by atoms with Crippen molar-refractivity contribution >= 4 is 46.4 Å². The lowest BCUT2D eigenvalue weighted by Gasteiger charge is -2.11. The Morgan fingerprint density at radius 3 is 2.22 bits per heavy atom. The number of aryl methyl sites for hydroxylation is 1. The second-order valence-corrected chi connectivity index (χ2v) is 5.62.